The Bertz CT molecular complexity index is 680. The van der Waals surface area contributed by atoms with Gasteiger partial charge in [-0.05, 0) is 31.1 Å². The van der Waals surface area contributed by atoms with Crippen LogP contribution in [0.5, 0.6) is 11.5 Å². The summed E-state index contributed by atoms with van der Waals surface area (Å²) in [6.45, 7) is 4.86. The molecule has 1 N–H and O–H groups in total. The molecule has 1 aromatic rings. The predicted octanol–water partition coefficient (Wildman–Crippen LogP) is 4.71. The number of rotatable bonds is 9. The van der Waals surface area contributed by atoms with Crippen molar-refractivity contribution in [3.8, 4) is 11.5 Å². The van der Waals surface area contributed by atoms with Gasteiger partial charge in [0.2, 0.25) is 5.60 Å². The quantitative estimate of drug-likeness (QED) is 0.666. The average molecular weight is 387 g/mol. The van der Waals surface area contributed by atoms with Gasteiger partial charge in [0, 0.05) is 18.7 Å². The molecule has 0 saturated heterocycles. The molecule has 0 fully saturated rings. The van der Waals surface area contributed by atoms with Gasteiger partial charge >= 0.3 is 6.18 Å². The summed E-state index contributed by atoms with van der Waals surface area (Å²) in [7, 11) is 2.69. The van der Waals surface area contributed by atoms with E-state index in [4.69, 9.17) is 9.47 Å². The van der Waals surface area contributed by atoms with Crippen molar-refractivity contribution >= 4 is 6.08 Å². The Kier molecular flexibility index (Phi) is 6.68. The zero-order valence-electron chi connectivity index (χ0n) is 16.3. The number of unbranched alkanes of at least 4 members (excludes halogenated alkanes) is 2. The normalized spacial score (nSPS) is 18.9. The molecule has 1 atom stereocenters. The van der Waals surface area contributed by atoms with E-state index in [1.54, 1.807) is 11.0 Å². The van der Waals surface area contributed by atoms with Crippen molar-refractivity contribution in [3.05, 3.63) is 29.0 Å². The number of halogens is 3. The number of methoxy groups -OCH3 is 2. The molecule has 0 radical (unpaired) electrons. The Balaban J connectivity index is 2.68. The smallest absolute Gasteiger partial charge is 0.427 e. The van der Waals surface area contributed by atoms with Crippen molar-refractivity contribution in [1.29, 1.82) is 0 Å². The third-order valence-electron chi connectivity index (χ3n) is 4.93. The maximum atomic E-state index is 14.2. The Morgan fingerprint density at radius 1 is 1.00 bits per heavy atom. The van der Waals surface area contributed by atoms with Crippen LogP contribution in [0.3, 0.4) is 0 Å². The Morgan fingerprint density at radius 3 is 1.96 bits per heavy atom. The molecular formula is C20H28F3NO3. The van der Waals surface area contributed by atoms with Crippen LogP contribution in [-0.4, -0.2) is 43.5 Å². The summed E-state index contributed by atoms with van der Waals surface area (Å²) in [5.74, 6) is 0.261. The lowest BCUT2D eigenvalue weighted by Crippen LogP contribution is -2.48. The fourth-order valence-corrected chi connectivity index (χ4v) is 3.47. The molecule has 0 spiro atoms. The molecular weight excluding hydrogens is 359 g/mol. The Labute approximate surface area is 158 Å². The van der Waals surface area contributed by atoms with Gasteiger partial charge in [0.25, 0.3) is 0 Å². The van der Waals surface area contributed by atoms with E-state index in [1.807, 2.05) is 13.8 Å². The minimum Gasteiger partial charge on any atom is -0.496 e. The fourth-order valence-electron chi connectivity index (χ4n) is 3.47. The zero-order chi connectivity index (χ0) is 20.2. The number of hydrogen-bond acceptors (Lipinski definition) is 4. The molecule has 0 amide bonds. The molecule has 0 aromatic heterocycles. The van der Waals surface area contributed by atoms with Crippen molar-refractivity contribution in [2.45, 2.75) is 51.3 Å². The number of nitrogens with zero attached hydrogens (tertiary/aromatic N) is 1. The Morgan fingerprint density at radius 2 is 1.52 bits per heavy atom. The number of aliphatic hydroxyl groups is 1. The second-order valence-corrected chi connectivity index (χ2v) is 6.69. The summed E-state index contributed by atoms with van der Waals surface area (Å²) in [4.78, 5) is 1.65. The van der Waals surface area contributed by atoms with Crippen LogP contribution in [0.25, 0.3) is 6.08 Å². The molecule has 0 heterocycles. The highest BCUT2D eigenvalue weighted by Gasteiger charge is 2.63. The third-order valence-corrected chi connectivity index (χ3v) is 4.93. The highest BCUT2D eigenvalue weighted by Crippen LogP contribution is 2.56. The van der Waals surface area contributed by atoms with Gasteiger partial charge in [-0.25, -0.2) is 0 Å². The minimum absolute atomic E-state index is 0.0113. The third kappa shape index (κ3) is 3.74. The van der Waals surface area contributed by atoms with Gasteiger partial charge in [-0.2, -0.15) is 13.2 Å². The molecule has 0 aliphatic heterocycles. The highest BCUT2D eigenvalue weighted by molar-refractivity contribution is 5.76. The van der Waals surface area contributed by atoms with Crippen LogP contribution in [0.2, 0.25) is 0 Å². The molecule has 7 heteroatoms. The standard InChI is InChI=1S/C20H28F3NO3/c1-5-7-11-24(12-8-6-2)17-13-14-15(26-3)9-10-16(27-4)18(14)19(17,25)20(21,22)23/h9-10,13,25H,5-8,11-12H2,1-4H3. The first-order chi connectivity index (χ1) is 12.8. The highest BCUT2D eigenvalue weighted by atomic mass is 19.4. The van der Waals surface area contributed by atoms with E-state index in [1.165, 1.54) is 26.4 Å². The summed E-state index contributed by atoms with van der Waals surface area (Å²) in [6.07, 6.45) is -0.338. The van der Waals surface area contributed by atoms with Gasteiger partial charge < -0.3 is 19.5 Å². The average Bonchev–Trinajstić information content (AvgIpc) is 2.96. The maximum absolute atomic E-state index is 14.2. The molecule has 1 unspecified atom stereocenters. The lowest BCUT2D eigenvalue weighted by Gasteiger charge is -2.37. The van der Waals surface area contributed by atoms with E-state index in [2.05, 4.69) is 0 Å². The maximum Gasteiger partial charge on any atom is 0.427 e. The van der Waals surface area contributed by atoms with Crippen molar-refractivity contribution < 1.29 is 27.8 Å². The second-order valence-electron chi connectivity index (χ2n) is 6.69. The second kappa shape index (κ2) is 8.42. The molecule has 1 aromatic carbocycles. The lowest BCUT2D eigenvalue weighted by atomic mass is 9.90. The molecule has 1 aliphatic carbocycles. The lowest BCUT2D eigenvalue weighted by molar-refractivity contribution is -0.255. The molecule has 4 nitrogen and oxygen atoms in total. The number of alkyl halides is 3. The minimum atomic E-state index is -4.90. The first-order valence-electron chi connectivity index (χ1n) is 9.27. The van der Waals surface area contributed by atoms with Crippen LogP contribution in [-0.2, 0) is 5.60 Å². The topological polar surface area (TPSA) is 41.9 Å². The van der Waals surface area contributed by atoms with E-state index in [-0.39, 0.29) is 28.3 Å². The molecule has 0 bridgehead atoms. The van der Waals surface area contributed by atoms with Crippen LogP contribution in [0.1, 0.15) is 50.7 Å². The Hall–Kier alpha value is -1.89. The SMILES string of the molecule is CCCCN(CCCC)C1=Cc2c(OC)ccc(OC)c2C1(O)C(F)(F)F. The summed E-state index contributed by atoms with van der Waals surface area (Å²) >= 11 is 0. The van der Waals surface area contributed by atoms with Gasteiger partial charge in [-0.15, -0.1) is 0 Å². The first-order valence-corrected chi connectivity index (χ1v) is 9.27. The molecule has 0 saturated carbocycles. The molecule has 2 rings (SSSR count). The van der Waals surface area contributed by atoms with Gasteiger partial charge in [0.05, 0.1) is 25.5 Å². The summed E-state index contributed by atoms with van der Waals surface area (Å²) in [5.41, 5.74) is -3.38. The van der Waals surface area contributed by atoms with E-state index < -0.39 is 11.8 Å². The van der Waals surface area contributed by atoms with Crippen molar-refractivity contribution in [2.75, 3.05) is 27.3 Å². The van der Waals surface area contributed by atoms with E-state index in [0.29, 0.717) is 13.1 Å². The van der Waals surface area contributed by atoms with Crippen LogP contribution < -0.4 is 9.47 Å². The van der Waals surface area contributed by atoms with Gasteiger partial charge in [-0.3, -0.25) is 0 Å². The van der Waals surface area contributed by atoms with Gasteiger partial charge in [0.15, 0.2) is 0 Å². The van der Waals surface area contributed by atoms with Gasteiger partial charge in [-0.1, -0.05) is 26.7 Å². The number of ether oxygens (including phenoxy) is 2. The summed E-state index contributed by atoms with van der Waals surface area (Å²) in [5, 5.41) is 11.1. The van der Waals surface area contributed by atoms with Crippen LogP contribution in [0.4, 0.5) is 13.2 Å². The van der Waals surface area contributed by atoms with Crippen LogP contribution in [0, 0.1) is 0 Å². The van der Waals surface area contributed by atoms with E-state index >= 15 is 0 Å². The number of fused-ring (bicyclic) bond motifs is 1. The number of hydrogen-bond donors (Lipinski definition) is 1. The zero-order valence-corrected chi connectivity index (χ0v) is 16.3. The van der Waals surface area contributed by atoms with Crippen molar-refractivity contribution in [1.82, 2.24) is 4.90 Å². The van der Waals surface area contributed by atoms with E-state index in [9.17, 15) is 18.3 Å². The van der Waals surface area contributed by atoms with E-state index in [0.717, 1.165) is 25.7 Å². The first kappa shape index (κ1) is 21.4. The monoisotopic (exact) mass is 387 g/mol. The summed E-state index contributed by atoms with van der Waals surface area (Å²) < 4.78 is 53.1. The van der Waals surface area contributed by atoms with Crippen molar-refractivity contribution in [3.63, 3.8) is 0 Å². The molecule has 1 aliphatic rings. The fraction of sp³-hybridized carbons (Fsp3) is 0.600. The van der Waals surface area contributed by atoms with Crippen molar-refractivity contribution in [2.24, 2.45) is 0 Å². The number of benzene rings is 1. The largest absolute Gasteiger partial charge is 0.496 e. The van der Waals surface area contributed by atoms with Gasteiger partial charge in [0.1, 0.15) is 11.5 Å². The predicted molar refractivity (Wildman–Crippen MR) is 98.9 cm³/mol. The van der Waals surface area contributed by atoms with Crippen LogP contribution in [0.15, 0.2) is 17.8 Å². The molecule has 152 valence electrons. The van der Waals surface area contributed by atoms with Crippen LogP contribution >= 0.6 is 0 Å². The molecule has 27 heavy (non-hydrogen) atoms. The summed E-state index contributed by atoms with van der Waals surface area (Å²) in [6, 6.07) is 2.95.